The van der Waals surface area contributed by atoms with Crippen molar-refractivity contribution in [3.8, 4) is 0 Å². The zero-order valence-electron chi connectivity index (χ0n) is 20.2. The van der Waals surface area contributed by atoms with Crippen LogP contribution in [0.15, 0.2) is 36.8 Å². The first-order valence-electron chi connectivity index (χ1n) is 12.0. The first kappa shape index (κ1) is 22.4. The van der Waals surface area contributed by atoms with Gasteiger partial charge < -0.3 is 26.3 Å². The van der Waals surface area contributed by atoms with Gasteiger partial charge in [0.05, 0.1) is 28.5 Å². The largest absolute Gasteiger partial charge is 0.386 e. The molecule has 5 aromatic rings. The van der Waals surface area contributed by atoms with Crippen LogP contribution in [0.4, 0.5) is 27.5 Å². The molecule has 0 bridgehead atoms. The average molecular weight is 487 g/mol. The van der Waals surface area contributed by atoms with Gasteiger partial charge in [0, 0.05) is 43.5 Å². The van der Waals surface area contributed by atoms with Crippen LogP contribution in [0.25, 0.3) is 33.1 Å². The monoisotopic (exact) mass is 486 g/mol. The molecule has 1 fully saturated rings. The summed E-state index contributed by atoms with van der Waals surface area (Å²) in [7, 11) is 1.77. The molecular formula is C25H27FN10. The Morgan fingerprint density at radius 3 is 2.78 bits per heavy atom. The number of anilines is 4. The Morgan fingerprint density at radius 2 is 1.94 bits per heavy atom. The van der Waals surface area contributed by atoms with Crippen molar-refractivity contribution < 1.29 is 4.39 Å². The molecule has 0 spiro atoms. The molecule has 184 valence electrons. The van der Waals surface area contributed by atoms with Crippen LogP contribution in [0.3, 0.4) is 0 Å². The van der Waals surface area contributed by atoms with Gasteiger partial charge in [0.15, 0.2) is 5.65 Å². The standard InChI is InChI=1S/C25H27FN10/c1-12-11-36(13(2)6-17(12)27)24-20-16-7-14(26)8-18(28-3)21(16)33-23(20)34-25(35-24)32-15-9-19-22(31-10-15)30-5-4-29-19/h4-5,7-10,12-13,17,28H,6,11,27H2,1-3H3,(H2,32,33,34,35)/t12-,13-,17-/m0/s1. The van der Waals surface area contributed by atoms with E-state index in [9.17, 15) is 4.39 Å². The van der Waals surface area contributed by atoms with E-state index in [0.717, 1.165) is 35.1 Å². The number of aromatic amines is 1. The fraction of sp³-hybridized carbons (Fsp3) is 0.320. The lowest BCUT2D eigenvalue weighted by Crippen LogP contribution is -2.51. The molecule has 5 N–H and O–H groups in total. The highest BCUT2D eigenvalue weighted by Gasteiger charge is 2.32. The van der Waals surface area contributed by atoms with Gasteiger partial charge in [0.1, 0.15) is 22.8 Å². The second-order valence-corrected chi connectivity index (χ2v) is 9.47. The number of pyridine rings is 1. The van der Waals surface area contributed by atoms with Gasteiger partial charge >= 0.3 is 0 Å². The number of rotatable bonds is 4. The van der Waals surface area contributed by atoms with Crippen LogP contribution >= 0.6 is 0 Å². The lowest BCUT2D eigenvalue weighted by Gasteiger charge is -2.41. The first-order valence-corrected chi connectivity index (χ1v) is 12.0. The third-order valence-electron chi connectivity index (χ3n) is 6.99. The fourth-order valence-corrected chi connectivity index (χ4v) is 5.04. The highest BCUT2D eigenvalue weighted by Crippen LogP contribution is 2.39. The SMILES string of the molecule is CNc1cc(F)cc2c1[nH]c1nc(Nc3cnc4nccnc4c3)nc(N3C[C@H](C)[C@@H](N)C[C@@H]3C)c12. The maximum Gasteiger partial charge on any atom is 0.231 e. The molecule has 1 aliphatic rings. The van der Waals surface area contributed by atoms with Gasteiger partial charge in [0.2, 0.25) is 5.95 Å². The number of H-pyrrole nitrogens is 1. The maximum absolute atomic E-state index is 14.6. The molecular weight excluding hydrogens is 459 g/mol. The van der Waals surface area contributed by atoms with E-state index < -0.39 is 0 Å². The lowest BCUT2D eigenvalue weighted by molar-refractivity contribution is 0.336. The van der Waals surface area contributed by atoms with Crippen molar-refractivity contribution in [1.82, 2.24) is 29.9 Å². The third-order valence-corrected chi connectivity index (χ3v) is 6.99. The lowest BCUT2D eigenvalue weighted by atomic mass is 9.90. The minimum absolute atomic E-state index is 0.118. The van der Waals surface area contributed by atoms with E-state index in [1.54, 1.807) is 25.6 Å². The number of hydrogen-bond donors (Lipinski definition) is 4. The number of hydrogen-bond acceptors (Lipinski definition) is 9. The Balaban J connectivity index is 1.54. The van der Waals surface area contributed by atoms with Crippen molar-refractivity contribution in [2.75, 3.05) is 29.1 Å². The number of benzene rings is 1. The van der Waals surface area contributed by atoms with Crippen LogP contribution in [0.1, 0.15) is 20.3 Å². The Bertz CT molecular complexity index is 1600. The van der Waals surface area contributed by atoms with Gasteiger partial charge in [-0.05, 0) is 37.5 Å². The van der Waals surface area contributed by atoms with E-state index in [-0.39, 0.29) is 23.8 Å². The van der Waals surface area contributed by atoms with Gasteiger partial charge in [-0.15, -0.1) is 0 Å². The van der Waals surface area contributed by atoms with E-state index >= 15 is 0 Å². The summed E-state index contributed by atoms with van der Waals surface area (Å²) in [6.07, 6.45) is 5.74. The van der Waals surface area contributed by atoms with Crippen LogP contribution < -0.4 is 21.3 Å². The molecule has 5 heterocycles. The second-order valence-electron chi connectivity index (χ2n) is 9.47. The summed E-state index contributed by atoms with van der Waals surface area (Å²) in [6.45, 7) is 5.03. The quantitative estimate of drug-likeness (QED) is 0.298. The molecule has 1 aliphatic heterocycles. The summed E-state index contributed by atoms with van der Waals surface area (Å²) in [5.74, 6) is 1.09. The molecule has 0 saturated carbocycles. The van der Waals surface area contributed by atoms with Crippen LogP contribution in [0, 0.1) is 11.7 Å². The van der Waals surface area contributed by atoms with E-state index in [1.165, 1.54) is 12.1 Å². The van der Waals surface area contributed by atoms with Crippen molar-refractivity contribution in [2.45, 2.75) is 32.4 Å². The van der Waals surface area contributed by atoms with Crippen LogP contribution in [-0.4, -0.2) is 55.6 Å². The number of nitrogens with one attached hydrogen (secondary N) is 3. The van der Waals surface area contributed by atoms with Gasteiger partial charge in [-0.1, -0.05) is 6.92 Å². The smallest absolute Gasteiger partial charge is 0.231 e. The molecule has 10 nitrogen and oxygen atoms in total. The molecule has 3 atom stereocenters. The van der Waals surface area contributed by atoms with Crippen molar-refractivity contribution in [2.24, 2.45) is 11.7 Å². The number of nitrogens with two attached hydrogens (primary N) is 1. The van der Waals surface area contributed by atoms with Gasteiger partial charge in [0.25, 0.3) is 0 Å². The number of aromatic nitrogens is 6. The average Bonchev–Trinajstić information content (AvgIpc) is 3.23. The van der Waals surface area contributed by atoms with Crippen molar-refractivity contribution in [1.29, 1.82) is 0 Å². The molecule has 6 rings (SSSR count). The summed E-state index contributed by atoms with van der Waals surface area (Å²) in [5.41, 5.74) is 10.3. The zero-order valence-corrected chi connectivity index (χ0v) is 20.2. The van der Waals surface area contributed by atoms with Crippen molar-refractivity contribution in [3.63, 3.8) is 0 Å². The Morgan fingerprint density at radius 1 is 1.11 bits per heavy atom. The highest BCUT2D eigenvalue weighted by molar-refractivity contribution is 6.14. The minimum atomic E-state index is -0.327. The molecule has 1 saturated heterocycles. The van der Waals surface area contributed by atoms with Crippen LogP contribution in [0.5, 0.6) is 0 Å². The van der Waals surface area contributed by atoms with Crippen LogP contribution in [-0.2, 0) is 0 Å². The first-order chi connectivity index (χ1) is 17.4. The molecule has 4 aromatic heterocycles. The second kappa shape index (κ2) is 8.52. The molecule has 1 aromatic carbocycles. The van der Waals surface area contributed by atoms with Gasteiger partial charge in [-0.2, -0.15) is 9.97 Å². The Hall–Kier alpha value is -4.12. The maximum atomic E-state index is 14.6. The van der Waals surface area contributed by atoms with E-state index in [1.807, 2.05) is 6.07 Å². The summed E-state index contributed by atoms with van der Waals surface area (Å²) in [5, 5.41) is 7.86. The Labute approximate surface area is 206 Å². The predicted octanol–water partition coefficient (Wildman–Crippen LogP) is 3.94. The number of halogens is 1. The van der Waals surface area contributed by atoms with Crippen LogP contribution in [0.2, 0.25) is 0 Å². The number of fused-ring (bicyclic) bond motifs is 4. The highest BCUT2D eigenvalue weighted by atomic mass is 19.1. The Kier molecular flexibility index (Phi) is 5.29. The van der Waals surface area contributed by atoms with Gasteiger partial charge in [-0.3, -0.25) is 4.98 Å². The van der Waals surface area contributed by atoms with Crippen molar-refractivity contribution in [3.05, 3.63) is 42.6 Å². The van der Waals surface area contributed by atoms with E-state index in [2.05, 4.69) is 49.3 Å². The van der Waals surface area contributed by atoms with E-state index in [4.69, 9.17) is 15.7 Å². The number of piperidine rings is 1. The molecule has 36 heavy (non-hydrogen) atoms. The van der Waals surface area contributed by atoms with Crippen molar-refractivity contribution >= 4 is 56.2 Å². The minimum Gasteiger partial charge on any atom is -0.386 e. The normalized spacial score (nSPS) is 20.4. The molecule has 0 aliphatic carbocycles. The predicted molar refractivity (Wildman–Crippen MR) is 140 cm³/mol. The van der Waals surface area contributed by atoms with Gasteiger partial charge in [-0.25, -0.2) is 14.4 Å². The molecule has 11 heteroatoms. The summed E-state index contributed by atoms with van der Waals surface area (Å²) in [4.78, 5) is 28.3. The molecule has 0 unspecified atom stereocenters. The third kappa shape index (κ3) is 3.72. The summed E-state index contributed by atoms with van der Waals surface area (Å²) in [6, 6.07) is 5.13. The summed E-state index contributed by atoms with van der Waals surface area (Å²) < 4.78 is 14.6. The summed E-state index contributed by atoms with van der Waals surface area (Å²) >= 11 is 0. The fourth-order valence-electron chi connectivity index (χ4n) is 5.04. The van der Waals surface area contributed by atoms with E-state index in [0.29, 0.717) is 34.1 Å². The number of nitrogens with zero attached hydrogens (tertiary/aromatic N) is 6. The molecule has 0 radical (unpaired) electrons. The zero-order chi connectivity index (χ0) is 25.0. The topological polar surface area (TPSA) is 134 Å². The molecule has 0 amide bonds.